The molecule has 0 atom stereocenters. The molecule has 0 unspecified atom stereocenters. The molecule has 0 spiro atoms. The highest BCUT2D eigenvalue weighted by Crippen LogP contribution is 2.22. The van der Waals surface area contributed by atoms with Crippen molar-refractivity contribution >= 4 is 40.8 Å². The van der Waals surface area contributed by atoms with Crippen molar-refractivity contribution in [3.05, 3.63) is 63.6 Å². The number of hydrogen-bond donors (Lipinski definition) is 2. The third-order valence-corrected chi connectivity index (χ3v) is 3.66. The van der Waals surface area contributed by atoms with Crippen molar-refractivity contribution in [2.24, 2.45) is 0 Å². The van der Waals surface area contributed by atoms with Crippen molar-refractivity contribution in [1.82, 2.24) is 0 Å². The van der Waals surface area contributed by atoms with Gasteiger partial charge in [0, 0.05) is 16.5 Å². The monoisotopic (exact) mass is 337 g/mol. The third kappa shape index (κ3) is 4.23. The van der Waals surface area contributed by atoms with E-state index in [1.165, 1.54) is 6.07 Å². The van der Waals surface area contributed by atoms with E-state index in [1.54, 1.807) is 36.4 Å². The van der Waals surface area contributed by atoms with Gasteiger partial charge in [-0.2, -0.15) is 0 Å². The first-order chi connectivity index (χ1) is 10.5. The van der Waals surface area contributed by atoms with Crippen LogP contribution < -0.4 is 5.32 Å². The van der Waals surface area contributed by atoms with Crippen LogP contribution in [0.2, 0.25) is 10.0 Å². The molecule has 0 heterocycles. The number of carbonyl (C=O) groups excluding carboxylic acids is 1. The quantitative estimate of drug-likeness (QED) is 0.856. The molecular formula is C16H13Cl2NO3. The Bertz CT molecular complexity index is 716. The van der Waals surface area contributed by atoms with E-state index in [4.69, 9.17) is 28.3 Å². The highest BCUT2D eigenvalue weighted by atomic mass is 35.5. The second-order valence-electron chi connectivity index (χ2n) is 4.63. The molecule has 0 aliphatic carbocycles. The summed E-state index contributed by atoms with van der Waals surface area (Å²) in [6.07, 6.45) is 0.631. The van der Waals surface area contributed by atoms with E-state index >= 15 is 0 Å². The Morgan fingerprint density at radius 1 is 1.09 bits per heavy atom. The summed E-state index contributed by atoms with van der Waals surface area (Å²) in [7, 11) is 0. The van der Waals surface area contributed by atoms with Crippen LogP contribution in [0.15, 0.2) is 42.5 Å². The Balaban J connectivity index is 2.00. The lowest BCUT2D eigenvalue weighted by molar-refractivity contribution is -0.116. The number of nitrogens with one attached hydrogen (secondary N) is 1. The molecule has 0 fully saturated rings. The van der Waals surface area contributed by atoms with Crippen LogP contribution in [-0.4, -0.2) is 17.0 Å². The molecular weight excluding hydrogens is 325 g/mol. The molecule has 2 aromatic carbocycles. The number of hydrogen-bond acceptors (Lipinski definition) is 2. The van der Waals surface area contributed by atoms with E-state index < -0.39 is 5.97 Å². The van der Waals surface area contributed by atoms with Gasteiger partial charge in [-0.25, -0.2) is 4.79 Å². The minimum Gasteiger partial charge on any atom is -0.478 e. The Hall–Kier alpha value is -2.04. The van der Waals surface area contributed by atoms with Gasteiger partial charge < -0.3 is 10.4 Å². The van der Waals surface area contributed by atoms with E-state index in [9.17, 15) is 9.59 Å². The van der Waals surface area contributed by atoms with E-state index in [0.29, 0.717) is 16.5 Å². The number of amides is 1. The molecule has 1 amide bonds. The van der Waals surface area contributed by atoms with Crippen molar-refractivity contribution in [2.75, 3.05) is 5.32 Å². The SMILES string of the molecule is O=C(CCc1ccc(Cl)cc1Cl)Nc1ccccc1C(=O)O. The van der Waals surface area contributed by atoms with Gasteiger partial charge in [0.15, 0.2) is 0 Å². The second kappa shape index (κ2) is 7.29. The molecule has 2 rings (SSSR count). The average Bonchev–Trinajstić information content (AvgIpc) is 2.46. The van der Waals surface area contributed by atoms with Crippen LogP contribution in [0.5, 0.6) is 0 Å². The number of aromatic carboxylic acids is 1. The second-order valence-corrected chi connectivity index (χ2v) is 5.48. The molecule has 0 bridgehead atoms. The zero-order valence-electron chi connectivity index (χ0n) is 11.5. The first-order valence-electron chi connectivity index (χ1n) is 6.53. The van der Waals surface area contributed by atoms with E-state index in [0.717, 1.165) is 5.56 Å². The molecule has 0 aromatic heterocycles. The van der Waals surface area contributed by atoms with E-state index in [2.05, 4.69) is 5.32 Å². The minimum absolute atomic E-state index is 0.0559. The summed E-state index contributed by atoms with van der Waals surface area (Å²) in [4.78, 5) is 23.0. The van der Waals surface area contributed by atoms with Gasteiger partial charge in [-0.1, -0.05) is 41.4 Å². The Morgan fingerprint density at radius 2 is 1.82 bits per heavy atom. The molecule has 0 aliphatic heterocycles. The van der Waals surface area contributed by atoms with Gasteiger partial charge in [-0.05, 0) is 36.2 Å². The van der Waals surface area contributed by atoms with Gasteiger partial charge in [-0.3, -0.25) is 4.79 Å². The number of carboxylic acid groups (broad SMARTS) is 1. The molecule has 0 radical (unpaired) electrons. The topological polar surface area (TPSA) is 66.4 Å². The number of benzene rings is 2. The lowest BCUT2D eigenvalue weighted by Gasteiger charge is -2.09. The van der Waals surface area contributed by atoms with Crippen molar-refractivity contribution in [3.63, 3.8) is 0 Å². The van der Waals surface area contributed by atoms with Gasteiger partial charge in [0.1, 0.15) is 0 Å². The lowest BCUT2D eigenvalue weighted by atomic mass is 10.1. The zero-order chi connectivity index (χ0) is 16.1. The maximum atomic E-state index is 12.0. The molecule has 2 aromatic rings. The predicted octanol–water partition coefficient (Wildman–Crippen LogP) is 4.26. The van der Waals surface area contributed by atoms with Crippen LogP contribution in [0, 0.1) is 0 Å². The summed E-state index contributed by atoms with van der Waals surface area (Å²) in [5.41, 5.74) is 1.15. The van der Waals surface area contributed by atoms with Gasteiger partial charge >= 0.3 is 5.97 Å². The molecule has 22 heavy (non-hydrogen) atoms. The van der Waals surface area contributed by atoms with Crippen LogP contribution >= 0.6 is 23.2 Å². The first-order valence-corrected chi connectivity index (χ1v) is 7.29. The normalized spacial score (nSPS) is 10.3. The highest BCUT2D eigenvalue weighted by Gasteiger charge is 2.12. The van der Waals surface area contributed by atoms with Crippen molar-refractivity contribution in [3.8, 4) is 0 Å². The van der Waals surface area contributed by atoms with Gasteiger partial charge in [-0.15, -0.1) is 0 Å². The Kier molecular flexibility index (Phi) is 5.41. The fourth-order valence-corrected chi connectivity index (χ4v) is 2.47. The largest absolute Gasteiger partial charge is 0.478 e. The predicted molar refractivity (Wildman–Crippen MR) is 86.8 cm³/mol. The van der Waals surface area contributed by atoms with Crippen LogP contribution in [0.4, 0.5) is 5.69 Å². The molecule has 2 N–H and O–H groups in total. The lowest BCUT2D eigenvalue weighted by Crippen LogP contribution is -2.15. The van der Waals surface area contributed by atoms with Crippen molar-refractivity contribution < 1.29 is 14.7 Å². The first kappa shape index (κ1) is 16.3. The van der Waals surface area contributed by atoms with Crippen LogP contribution in [0.3, 0.4) is 0 Å². The third-order valence-electron chi connectivity index (χ3n) is 3.07. The minimum atomic E-state index is -1.09. The number of aryl methyl sites for hydroxylation is 1. The van der Waals surface area contributed by atoms with Gasteiger partial charge in [0.2, 0.25) is 5.91 Å². The number of rotatable bonds is 5. The molecule has 114 valence electrons. The smallest absolute Gasteiger partial charge is 0.337 e. The Morgan fingerprint density at radius 3 is 2.50 bits per heavy atom. The summed E-state index contributed by atoms with van der Waals surface area (Å²) in [5.74, 6) is -1.36. The van der Waals surface area contributed by atoms with Crippen LogP contribution in [0.1, 0.15) is 22.3 Å². The fourth-order valence-electron chi connectivity index (χ4n) is 1.96. The number of carbonyl (C=O) groups is 2. The summed E-state index contributed by atoms with van der Waals surface area (Å²) in [6, 6.07) is 11.4. The summed E-state index contributed by atoms with van der Waals surface area (Å²) in [6.45, 7) is 0. The van der Waals surface area contributed by atoms with Crippen LogP contribution in [-0.2, 0) is 11.2 Å². The summed E-state index contributed by atoms with van der Waals surface area (Å²) >= 11 is 11.9. The maximum absolute atomic E-state index is 12.0. The number of halogens is 2. The van der Waals surface area contributed by atoms with E-state index in [-0.39, 0.29) is 23.6 Å². The van der Waals surface area contributed by atoms with Crippen molar-refractivity contribution in [1.29, 1.82) is 0 Å². The number of carboxylic acids is 1. The van der Waals surface area contributed by atoms with Gasteiger partial charge in [0.25, 0.3) is 0 Å². The molecule has 4 nitrogen and oxygen atoms in total. The van der Waals surface area contributed by atoms with E-state index in [1.807, 2.05) is 0 Å². The highest BCUT2D eigenvalue weighted by molar-refractivity contribution is 6.35. The molecule has 0 saturated heterocycles. The standard InChI is InChI=1S/C16H13Cl2NO3/c17-11-7-5-10(13(18)9-11)6-8-15(20)19-14-4-2-1-3-12(14)16(21)22/h1-5,7,9H,6,8H2,(H,19,20)(H,21,22). The zero-order valence-corrected chi connectivity index (χ0v) is 13.0. The molecule has 6 heteroatoms. The Labute approximate surface area is 137 Å². The maximum Gasteiger partial charge on any atom is 0.337 e. The van der Waals surface area contributed by atoms with Gasteiger partial charge in [0.05, 0.1) is 11.3 Å². The summed E-state index contributed by atoms with van der Waals surface area (Å²) in [5, 5.41) is 12.7. The number of para-hydroxylation sites is 1. The summed E-state index contributed by atoms with van der Waals surface area (Å²) < 4.78 is 0. The van der Waals surface area contributed by atoms with Crippen LogP contribution in [0.25, 0.3) is 0 Å². The molecule has 0 saturated carbocycles. The number of anilines is 1. The fraction of sp³-hybridized carbons (Fsp3) is 0.125. The average molecular weight is 338 g/mol. The molecule has 0 aliphatic rings. The van der Waals surface area contributed by atoms with Crippen molar-refractivity contribution in [2.45, 2.75) is 12.8 Å².